The standard InChI is InChI=1S/C10H15N3O3/c1-10(2,6-9(15)16)12-8(14)7-13-5-3-4-11-13/h3-5H,6-7H2,1-2H3,(H,12,14)(H,15,16). The van der Waals surface area contributed by atoms with Crippen molar-refractivity contribution >= 4 is 11.9 Å². The smallest absolute Gasteiger partial charge is 0.305 e. The van der Waals surface area contributed by atoms with Gasteiger partial charge >= 0.3 is 5.97 Å². The Kier molecular flexibility index (Phi) is 3.65. The largest absolute Gasteiger partial charge is 0.481 e. The number of carbonyl (C=O) groups is 2. The van der Waals surface area contributed by atoms with Crippen LogP contribution in [0.25, 0.3) is 0 Å². The highest BCUT2D eigenvalue weighted by Crippen LogP contribution is 2.07. The lowest BCUT2D eigenvalue weighted by molar-refractivity contribution is -0.138. The van der Waals surface area contributed by atoms with Crippen LogP contribution in [0.5, 0.6) is 0 Å². The van der Waals surface area contributed by atoms with E-state index in [9.17, 15) is 9.59 Å². The van der Waals surface area contributed by atoms with Gasteiger partial charge in [-0.1, -0.05) is 0 Å². The van der Waals surface area contributed by atoms with Crippen LogP contribution in [-0.2, 0) is 16.1 Å². The zero-order chi connectivity index (χ0) is 12.2. The first-order valence-electron chi connectivity index (χ1n) is 4.89. The number of nitrogens with zero attached hydrogens (tertiary/aromatic N) is 2. The maximum absolute atomic E-state index is 11.5. The highest BCUT2D eigenvalue weighted by molar-refractivity contribution is 5.77. The van der Waals surface area contributed by atoms with Gasteiger partial charge in [0.1, 0.15) is 6.54 Å². The molecule has 1 rings (SSSR count). The molecule has 0 unspecified atom stereocenters. The molecule has 1 amide bonds. The lowest BCUT2D eigenvalue weighted by Crippen LogP contribution is -2.46. The molecule has 0 atom stereocenters. The number of carboxylic acid groups (broad SMARTS) is 1. The van der Waals surface area contributed by atoms with Crippen molar-refractivity contribution in [3.8, 4) is 0 Å². The average molecular weight is 225 g/mol. The number of carbonyl (C=O) groups excluding carboxylic acids is 1. The molecule has 0 spiro atoms. The van der Waals surface area contributed by atoms with E-state index in [1.807, 2.05) is 0 Å². The third-order valence-corrected chi connectivity index (χ3v) is 1.94. The number of aliphatic carboxylic acids is 1. The minimum atomic E-state index is -0.940. The first-order chi connectivity index (χ1) is 7.39. The predicted molar refractivity (Wildman–Crippen MR) is 56.7 cm³/mol. The molecule has 6 nitrogen and oxygen atoms in total. The molecule has 0 fully saturated rings. The Balaban J connectivity index is 2.47. The molecule has 1 aromatic heterocycles. The van der Waals surface area contributed by atoms with Crippen LogP contribution >= 0.6 is 0 Å². The van der Waals surface area contributed by atoms with Gasteiger partial charge in [-0.2, -0.15) is 5.10 Å². The Bertz CT molecular complexity index is 371. The van der Waals surface area contributed by atoms with Gasteiger partial charge in [0.05, 0.1) is 6.42 Å². The van der Waals surface area contributed by atoms with Crippen LogP contribution in [0, 0.1) is 0 Å². The Morgan fingerprint density at radius 3 is 2.69 bits per heavy atom. The van der Waals surface area contributed by atoms with Crippen molar-refractivity contribution in [2.24, 2.45) is 0 Å². The second-order valence-electron chi connectivity index (χ2n) is 4.21. The monoisotopic (exact) mass is 225 g/mol. The maximum Gasteiger partial charge on any atom is 0.305 e. The van der Waals surface area contributed by atoms with Crippen molar-refractivity contribution in [2.45, 2.75) is 32.4 Å². The summed E-state index contributed by atoms with van der Waals surface area (Å²) in [6.45, 7) is 3.43. The summed E-state index contributed by atoms with van der Waals surface area (Å²) >= 11 is 0. The summed E-state index contributed by atoms with van der Waals surface area (Å²) in [5.74, 6) is -1.20. The number of hydrogen-bond donors (Lipinski definition) is 2. The van der Waals surface area contributed by atoms with Crippen molar-refractivity contribution in [3.05, 3.63) is 18.5 Å². The van der Waals surface area contributed by atoms with E-state index in [0.29, 0.717) is 0 Å². The third kappa shape index (κ3) is 4.12. The fourth-order valence-electron chi connectivity index (χ4n) is 1.38. The summed E-state index contributed by atoms with van der Waals surface area (Å²) in [7, 11) is 0. The van der Waals surface area contributed by atoms with Gasteiger partial charge in [0.15, 0.2) is 0 Å². The summed E-state index contributed by atoms with van der Waals surface area (Å²) in [5.41, 5.74) is -0.754. The molecule has 0 aliphatic carbocycles. The Hall–Kier alpha value is -1.85. The Morgan fingerprint density at radius 1 is 1.50 bits per heavy atom. The van der Waals surface area contributed by atoms with Crippen LogP contribution in [0.15, 0.2) is 18.5 Å². The highest BCUT2D eigenvalue weighted by atomic mass is 16.4. The van der Waals surface area contributed by atoms with Gasteiger partial charge in [0.2, 0.25) is 5.91 Å². The van der Waals surface area contributed by atoms with Crippen LogP contribution in [0.2, 0.25) is 0 Å². The summed E-state index contributed by atoms with van der Waals surface area (Å²) < 4.78 is 1.48. The van der Waals surface area contributed by atoms with E-state index in [1.165, 1.54) is 4.68 Å². The van der Waals surface area contributed by atoms with Gasteiger partial charge < -0.3 is 10.4 Å². The van der Waals surface area contributed by atoms with E-state index in [4.69, 9.17) is 5.11 Å². The van der Waals surface area contributed by atoms with E-state index >= 15 is 0 Å². The van der Waals surface area contributed by atoms with Crippen LogP contribution in [0.1, 0.15) is 20.3 Å². The third-order valence-electron chi connectivity index (χ3n) is 1.94. The molecule has 0 saturated heterocycles. The second-order valence-corrected chi connectivity index (χ2v) is 4.21. The number of rotatable bonds is 5. The van der Waals surface area contributed by atoms with Crippen LogP contribution in [-0.4, -0.2) is 32.3 Å². The molecule has 0 aromatic carbocycles. The van der Waals surface area contributed by atoms with Gasteiger partial charge in [-0.25, -0.2) is 0 Å². The topological polar surface area (TPSA) is 84.2 Å². The van der Waals surface area contributed by atoms with E-state index in [-0.39, 0.29) is 18.9 Å². The molecular formula is C10H15N3O3. The molecule has 0 bridgehead atoms. The highest BCUT2D eigenvalue weighted by Gasteiger charge is 2.23. The molecule has 1 heterocycles. The van der Waals surface area contributed by atoms with E-state index in [0.717, 1.165) is 0 Å². The Morgan fingerprint density at radius 2 is 2.19 bits per heavy atom. The van der Waals surface area contributed by atoms with Gasteiger partial charge in [-0.3, -0.25) is 14.3 Å². The van der Waals surface area contributed by atoms with Crippen LogP contribution in [0.3, 0.4) is 0 Å². The zero-order valence-corrected chi connectivity index (χ0v) is 9.30. The number of carboxylic acids is 1. The quantitative estimate of drug-likeness (QED) is 0.752. The molecule has 0 saturated carbocycles. The summed E-state index contributed by atoms with van der Waals surface area (Å²) in [6, 6.07) is 1.72. The van der Waals surface area contributed by atoms with Crippen molar-refractivity contribution in [3.63, 3.8) is 0 Å². The molecule has 2 N–H and O–H groups in total. The molecule has 1 aromatic rings. The van der Waals surface area contributed by atoms with Crippen molar-refractivity contribution in [1.82, 2.24) is 15.1 Å². The van der Waals surface area contributed by atoms with Gasteiger partial charge in [0.25, 0.3) is 0 Å². The molecule has 0 aliphatic rings. The molecule has 6 heteroatoms. The number of nitrogens with one attached hydrogen (secondary N) is 1. The van der Waals surface area contributed by atoms with E-state index in [1.54, 1.807) is 32.3 Å². The van der Waals surface area contributed by atoms with Crippen molar-refractivity contribution in [2.75, 3.05) is 0 Å². The molecule has 0 aliphatic heterocycles. The lowest BCUT2D eigenvalue weighted by Gasteiger charge is -2.24. The van der Waals surface area contributed by atoms with Gasteiger partial charge in [-0.05, 0) is 19.9 Å². The fourth-order valence-corrected chi connectivity index (χ4v) is 1.38. The summed E-state index contributed by atoms with van der Waals surface area (Å²) in [6.07, 6.45) is 3.14. The first-order valence-corrected chi connectivity index (χ1v) is 4.89. The molecule has 0 radical (unpaired) electrons. The Labute approximate surface area is 93.3 Å². The predicted octanol–water partition coefficient (Wildman–Crippen LogP) is 0.253. The lowest BCUT2D eigenvalue weighted by atomic mass is 10.0. The minimum Gasteiger partial charge on any atom is -0.481 e. The number of aromatic nitrogens is 2. The van der Waals surface area contributed by atoms with E-state index in [2.05, 4.69) is 10.4 Å². The second kappa shape index (κ2) is 4.78. The summed E-state index contributed by atoms with van der Waals surface area (Å²) in [5, 5.41) is 15.2. The average Bonchev–Trinajstić information content (AvgIpc) is 2.51. The normalized spacial score (nSPS) is 11.1. The number of amides is 1. The molecule has 16 heavy (non-hydrogen) atoms. The van der Waals surface area contributed by atoms with Crippen LogP contribution < -0.4 is 5.32 Å². The molecule has 88 valence electrons. The van der Waals surface area contributed by atoms with Crippen molar-refractivity contribution in [1.29, 1.82) is 0 Å². The SMILES string of the molecule is CC(C)(CC(=O)O)NC(=O)Cn1cccn1. The van der Waals surface area contributed by atoms with Crippen LogP contribution in [0.4, 0.5) is 0 Å². The first kappa shape index (κ1) is 12.2. The van der Waals surface area contributed by atoms with Crippen molar-refractivity contribution < 1.29 is 14.7 Å². The zero-order valence-electron chi connectivity index (χ0n) is 9.30. The summed E-state index contributed by atoms with van der Waals surface area (Å²) in [4.78, 5) is 22.1. The fraction of sp³-hybridized carbons (Fsp3) is 0.500. The van der Waals surface area contributed by atoms with Gasteiger partial charge in [-0.15, -0.1) is 0 Å². The minimum absolute atomic E-state index is 0.0933. The molecular weight excluding hydrogens is 210 g/mol. The number of hydrogen-bond acceptors (Lipinski definition) is 3. The van der Waals surface area contributed by atoms with Gasteiger partial charge in [0, 0.05) is 17.9 Å². The maximum atomic E-state index is 11.5. The van der Waals surface area contributed by atoms with E-state index < -0.39 is 11.5 Å².